The van der Waals surface area contributed by atoms with Crippen LogP contribution in [0.1, 0.15) is 29.8 Å². The number of carbonyl (C=O) groups excluding carboxylic acids is 1. The summed E-state index contributed by atoms with van der Waals surface area (Å²) in [5.74, 6) is -0.165. The van der Waals surface area contributed by atoms with Crippen molar-refractivity contribution in [1.82, 2.24) is 9.88 Å². The van der Waals surface area contributed by atoms with Crippen molar-refractivity contribution in [2.75, 3.05) is 56.7 Å². The second-order valence-electron chi connectivity index (χ2n) is 8.53. The van der Waals surface area contributed by atoms with Gasteiger partial charge in [-0.05, 0) is 51.6 Å². The van der Waals surface area contributed by atoms with E-state index in [1.165, 1.54) is 12.3 Å². The molecule has 9 heteroatoms. The highest BCUT2D eigenvalue weighted by Crippen LogP contribution is 2.39. The number of likely N-dealkylation sites (N-methyl/N-ethyl adjacent to an activating group) is 1. The van der Waals surface area contributed by atoms with Crippen LogP contribution in [0.25, 0.3) is 10.9 Å². The van der Waals surface area contributed by atoms with E-state index in [0.29, 0.717) is 34.4 Å². The van der Waals surface area contributed by atoms with Crippen molar-refractivity contribution in [2.24, 2.45) is 0 Å². The molecule has 3 aromatic rings. The summed E-state index contributed by atoms with van der Waals surface area (Å²) in [5.41, 5.74) is 3.27. The molecule has 0 radical (unpaired) electrons. The average Bonchev–Trinajstić information content (AvgIpc) is 2.83. The number of fused-ring (bicyclic) bond motifs is 1. The molecule has 0 saturated carbocycles. The van der Waals surface area contributed by atoms with Crippen LogP contribution < -0.4 is 15.0 Å². The fraction of sp³-hybridized carbons (Fsp3) is 0.385. The first-order valence-corrected chi connectivity index (χ1v) is 12.1. The number of halogens is 2. The van der Waals surface area contributed by atoms with E-state index in [1.807, 2.05) is 19.1 Å². The molecule has 1 saturated heterocycles. The quantitative estimate of drug-likeness (QED) is 0.435. The highest BCUT2D eigenvalue weighted by atomic mass is 35.5. The standard InChI is InChI=1S/C26H30ClFN4O3/c1-5-34-24-14-21-17(12-23(24)32-9-7-31(4)8-10-32)25(18(15-29-21)26(33)35-6-2)30-22-11-16(3)20(28)13-19(22)27/h11-15H,5-10H2,1-4H3,(H,29,30). The van der Waals surface area contributed by atoms with Crippen LogP contribution in [0.3, 0.4) is 0 Å². The summed E-state index contributed by atoms with van der Waals surface area (Å²) < 4.78 is 25.3. The predicted octanol–water partition coefficient (Wildman–Crippen LogP) is 5.41. The SMILES string of the molecule is CCOC(=O)c1cnc2cc(OCC)c(N3CCN(C)CC3)cc2c1Nc1cc(C)c(F)cc1Cl. The lowest BCUT2D eigenvalue weighted by molar-refractivity contribution is 0.0527. The maximum atomic E-state index is 14.0. The molecule has 2 heterocycles. The van der Waals surface area contributed by atoms with E-state index in [4.69, 9.17) is 21.1 Å². The number of esters is 1. The monoisotopic (exact) mass is 500 g/mol. The molecule has 0 unspecified atom stereocenters. The van der Waals surface area contributed by atoms with Gasteiger partial charge in [-0.25, -0.2) is 9.18 Å². The molecular weight excluding hydrogens is 471 g/mol. The third kappa shape index (κ3) is 5.28. The van der Waals surface area contributed by atoms with Crippen LogP contribution >= 0.6 is 11.6 Å². The van der Waals surface area contributed by atoms with Crippen LogP contribution in [0.5, 0.6) is 5.75 Å². The zero-order valence-corrected chi connectivity index (χ0v) is 21.2. The minimum Gasteiger partial charge on any atom is -0.492 e. The van der Waals surface area contributed by atoms with Crippen molar-refractivity contribution in [3.05, 3.63) is 52.4 Å². The molecule has 1 N–H and O–H groups in total. The molecule has 1 aliphatic heterocycles. The number of aromatic nitrogens is 1. The molecule has 35 heavy (non-hydrogen) atoms. The van der Waals surface area contributed by atoms with Crippen molar-refractivity contribution in [1.29, 1.82) is 0 Å². The number of aryl methyl sites for hydroxylation is 1. The third-order valence-corrected chi connectivity index (χ3v) is 6.41. The Bertz CT molecular complexity index is 1250. The number of ether oxygens (including phenoxy) is 2. The normalized spacial score (nSPS) is 14.3. The number of piperazine rings is 1. The summed E-state index contributed by atoms with van der Waals surface area (Å²) in [7, 11) is 2.10. The zero-order chi connectivity index (χ0) is 25.1. The summed E-state index contributed by atoms with van der Waals surface area (Å²) in [6, 6.07) is 6.77. The molecule has 0 bridgehead atoms. The Hall–Kier alpha value is -3.10. The Morgan fingerprint density at radius 1 is 1.14 bits per heavy atom. The van der Waals surface area contributed by atoms with Crippen molar-refractivity contribution in [2.45, 2.75) is 20.8 Å². The van der Waals surface area contributed by atoms with Gasteiger partial charge in [-0.2, -0.15) is 0 Å². The summed E-state index contributed by atoms with van der Waals surface area (Å²) in [6.07, 6.45) is 1.48. The van der Waals surface area contributed by atoms with Crippen LogP contribution in [0.4, 0.5) is 21.5 Å². The van der Waals surface area contributed by atoms with E-state index in [2.05, 4.69) is 27.1 Å². The van der Waals surface area contributed by atoms with Gasteiger partial charge in [0.2, 0.25) is 0 Å². The Labute approximate surface area is 209 Å². The van der Waals surface area contributed by atoms with Gasteiger partial charge in [0.05, 0.1) is 40.8 Å². The average molecular weight is 501 g/mol. The van der Waals surface area contributed by atoms with Crippen molar-refractivity contribution >= 4 is 45.5 Å². The lowest BCUT2D eigenvalue weighted by Gasteiger charge is -2.35. The number of hydrogen-bond donors (Lipinski definition) is 1. The van der Waals surface area contributed by atoms with Crippen LogP contribution in [-0.2, 0) is 4.74 Å². The molecule has 1 aromatic heterocycles. The minimum atomic E-state index is -0.505. The molecule has 2 aromatic carbocycles. The fourth-order valence-electron chi connectivity index (χ4n) is 4.16. The van der Waals surface area contributed by atoms with Gasteiger partial charge in [0.1, 0.15) is 17.1 Å². The second-order valence-corrected chi connectivity index (χ2v) is 8.94. The first-order chi connectivity index (χ1) is 16.8. The van der Waals surface area contributed by atoms with E-state index in [0.717, 1.165) is 37.6 Å². The molecule has 0 amide bonds. The van der Waals surface area contributed by atoms with Gasteiger partial charge >= 0.3 is 5.97 Å². The fourth-order valence-corrected chi connectivity index (χ4v) is 4.36. The second kappa shape index (κ2) is 10.7. The van der Waals surface area contributed by atoms with Gasteiger partial charge < -0.3 is 24.6 Å². The molecule has 4 rings (SSSR count). The lowest BCUT2D eigenvalue weighted by Crippen LogP contribution is -2.44. The lowest BCUT2D eigenvalue weighted by atomic mass is 10.1. The Balaban J connectivity index is 1.91. The minimum absolute atomic E-state index is 0.207. The van der Waals surface area contributed by atoms with Crippen LogP contribution in [0.15, 0.2) is 30.5 Å². The van der Waals surface area contributed by atoms with E-state index >= 15 is 0 Å². The maximum absolute atomic E-state index is 14.0. The van der Waals surface area contributed by atoms with Gasteiger partial charge in [0.25, 0.3) is 0 Å². The first-order valence-electron chi connectivity index (χ1n) is 11.7. The molecule has 0 spiro atoms. The zero-order valence-electron chi connectivity index (χ0n) is 20.5. The Morgan fingerprint density at radius 3 is 2.57 bits per heavy atom. The van der Waals surface area contributed by atoms with Crippen molar-refractivity contribution < 1.29 is 18.7 Å². The number of pyridine rings is 1. The van der Waals surface area contributed by atoms with Gasteiger partial charge in [0, 0.05) is 43.8 Å². The molecule has 0 aliphatic carbocycles. The third-order valence-electron chi connectivity index (χ3n) is 6.10. The Kier molecular flexibility index (Phi) is 7.62. The van der Waals surface area contributed by atoms with Gasteiger partial charge in [-0.1, -0.05) is 11.6 Å². The molecule has 1 fully saturated rings. The van der Waals surface area contributed by atoms with E-state index in [1.54, 1.807) is 19.9 Å². The summed E-state index contributed by atoms with van der Waals surface area (Å²) in [4.78, 5) is 22.0. The number of nitrogens with zero attached hydrogens (tertiary/aromatic N) is 3. The summed E-state index contributed by atoms with van der Waals surface area (Å²) in [5, 5.41) is 4.19. The van der Waals surface area contributed by atoms with E-state index in [-0.39, 0.29) is 17.2 Å². The van der Waals surface area contributed by atoms with Crippen LogP contribution in [0, 0.1) is 12.7 Å². The number of anilines is 3. The number of nitrogens with one attached hydrogen (secondary N) is 1. The molecular formula is C26H30ClFN4O3. The molecule has 0 atom stereocenters. The maximum Gasteiger partial charge on any atom is 0.341 e. The number of hydrogen-bond acceptors (Lipinski definition) is 7. The van der Waals surface area contributed by atoms with Crippen molar-refractivity contribution in [3.8, 4) is 5.75 Å². The summed E-state index contributed by atoms with van der Waals surface area (Å²) >= 11 is 6.36. The van der Waals surface area contributed by atoms with E-state index < -0.39 is 11.8 Å². The van der Waals surface area contributed by atoms with Crippen molar-refractivity contribution in [3.63, 3.8) is 0 Å². The molecule has 186 valence electrons. The Morgan fingerprint density at radius 2 is 1.89 bits per heavy atom. The predicted molar refractivity (Wildman–Crippen MR) is 138 cm³/mol. The molecule has 7 nitrogen and oxygen atoms in total. The number of carbonyl (C=O) groups is 1. The molecule has 1 aliphatic rings. The van der Waals surface area contributed by atoms with Gasteiger partial charge in [-0.15, -0.1) is 0 Å². The highest BCUT2D eigenvalue weighted by molar-refractivity contribution is 6.33. The summed E-state index contributed by atoms with van der Waals surface area (Å²) in [6.45, 7) is 9.65. The van der Waals surface area contributed by atoms with Gasteiger partial charge in [0.15, 0.2) is 0 Å². The highest BCUT2D eigenvalue weighted by Gasteiger charge is 2.23. The topological polar surface area (TPSA) is 66.9 Å². The van der Waals surface area contributed by atoms with E-state index in [9.17, 15) is 9.18 Å². The van der Waals surface area contributed by atoms with Crippen LogP contribution in [-0.4, -0.2) is 62.3 Å². The largest absolute Gasteiger partial charge is 0.492 e. The first kappa shape index (κ1) is 25.0. The van der Waals surface area contributed by atoms with Gasteiger partial charge in [-0.3, -0.25) is 4.98 Å². The number of rotatable bonds is 7. The number of benzene rings is 2. The smallest absolute Gasteiger partial charge is 0.341 e. The van der Waals surface area contributed by atoms with Crippen LogP contribution in [0.2, 0.25) is 5.02 Å².